The number of thiazole rings is 1. The standard InChI is InChI=1S/C15H16N2O2S/c18-14(12-4-2-1-3-5-12)10-13-11-20-15(16-13)17-6-8-19-9-7-17/h1-5,11H,6-10H2. The molecule has 1 aromatic heterocycles. The molecule has 0 atom stereocenters. The zero-order valence-corrected chi connectivity index (χ0v) is 11.9. The van der Waals surface area contributed by atoms with Crippen LogP contribution in [0.4, 0.5) is 5.13 Å². The van der Waals surface area contributed by atoms with Gasteiger partial charge in [-0.05, 0) is 0 Å². The van der Waals surface area contributed by atoms with E-state index in [-0.39, 0.29) is 5.78 Å². The highest BCUT2D eigenvalue weighted by molar-refractivity contribution is 7.13. The second-order valence-corrected chi connectivity index (χ2v) is 5.52. The number of anilines is 1. The summed E-state index contributed by atoms with van der Waals surface area (Å²) in [7, 11) is 0. The van der Waals surface area contributed by atoms with Gasteiger partial charge in [0, 0.05) is 24.0 Å². The smallest absolute Gasteiger partial charge is 0.185 e. The number of hydrogen-bond acceptors (Lipinski definition) is 5. The van der Waals surface area contributed by atoms with Gasteiger partial charge in [-0.25, -0.2) is 4.98 Å². The molecule has 4 nitrogen and oxygen atoms in total. The lowest BCUT2D eigenvalue weighted by Gasteiger charge is -2.26. The number of ether oxygens (including phenoxy) is 1. The highest BCUT2D eigenvalue weighted by Gasteiger charge is 2.16. The Morgan fingerprint density at radius 2 is 2.00 bits per heavy atom. The fraction of sp³-hybridized carbons (Fsp3) is 0.333. The Bertz CT molecular complexity index is 577. The van der Waals surface area contributed by atoms with E-state index in [9.17, 15) is 4.79 Å². The normalized spacial score (nSPS) is 15.3. The lowest BCUT2D eigenvalue weighted by atomic mass is 10.1. The first-order chi connectivity index (χ1) is 9.83. The molecule has 0 amide bonds. The Morgan fingerprint density at radius 3 is 2.75 bits per heavy atom. The molecule has 2 aromatic rings. The van der Waals surface area contributed by atoms with Gasteiger partial charge in [0.05, 0.1) is 25.3 Å². The number of nitrogens with zero attached hydrogens (tertiary/aromatic N) is 2. The molecule has 0 saturated carbocycles. The van der Waals surface area contributed by atoms with E-state index in [2.05, 4.69) is 9.88 Å². The molecular formula is C15H16N2O2S. The lowest BCUT2D eigenvalue weighted by molar-refractivity contribution is 0.0992. The van der Waals surface area contributed by atoms with Crippen LogP contribution in [0.3, 0.4) is 0 Å². The number of aromatic nitrogens is 1. The molecule has 0 spiro atoms. The van der Waals surface area contributed by atoms with E-state index in [1.54, 1.807) is 11.3 Å². The molecule has 5 heteroatoms. The highest BCUT2D eigenvalue weighted by Crippen LogP contribution is 2.22. The van der Waals surface area contributed by atoms with Crippen molar-refractivity contribution in [1.82, 2.24) is 4.98 Å². The van der Waals surface area contributed by atoms with Gasteiger partial charge in [-0.3, -0.25) is 4.79 Å². The number of rotatable bonds is 4. The van der Waals surface area contributed by atoms with Gasteiger partial charge in [0.25, 0.3) is 0 Å². The third kappa shape index (κ3) is 3.05. The molecule has 0 aliphatic carbocycles. The van der Waals surface area contributed by atoms with Crippen LogP contribution >= 0.6 is 11.3 Å². The van der Waals surface area contributed by atoms with Gasteiger partial charge >= 0.3 is 0 Å². The summed E-state index contributed by atoms with van der Waals surface area (Å²) in [5.74, 6) is 0.115. The number of ketones is 1. The molecule has 0 radical (unpaired) electrons. The van der Waals surface area contributed by atoms with Gasteiger partial charge in [-0.2, -0.15) is 0 Å². The predicted molar refractivity (Wildman–Crippen MR) is 79.6 cm³/mol. The molecule has 3 rings (SSSR count). The largest absolute Gasteiger partial charge is 0.378 e. The monoisotopic (exact) mass is 288 g/mol. The lowest BCUT2D eigenvalue weighted by Crippen LogP contribution is -2.36. The Morgan fingerprint density at radius 1 is 1.25 bits per heavy atom. The summed E-state index contributed by atoms with van der Waals surface area (Å²) in [5.41, 5.74) is 1.60. The van der Waals surface area contributed by atoms with Gasteiger partial charge in [0.15, 0.2) is 10.9 Å². The molecular weight excluding hydrogens is 272 g/mol. The molecule has 1 saturated heterocycles. The summed E-state index contributed by atoms with van der Waals surface area (Å²) in [4.78, 5) is 18.9. The predicted octanol–water partition coefficient (Wildman–Crippen LogP) is 2.41. The summed E-state index contributed by atoms with van der Waals surface area (Å²) < 4.78 is 5.33. The molecule has 0 N–H and O–H groups in total. The average Bonchev–Trinajstić information content (AvgIpc) is 2.97. The molecule has 1 aliphatic heterocycles. The first-order valence-corrected chi connectivity index (χ1v) is 7.56. The molecule has 0 bridgehead atoms. The van der Waals surface area contributed by atoms with E-state index in [0.717, 1.165) is 42.7 Å². The van der Waals surface area contributed by atoms with Crippen molar-refractivity contribution in [3.63, 3.8) is 0 Å². The Kier molecular flexibility index (Phi) is 4.08. The second kappa shape index (κ2) is 6.15. The molecule has 20 heavy (non-hydrogen) atoms. The van der Waals surface area contributed by atoms with Gasteiger partial charge in [-0.1, -0.05) is 30.3 Å². The van der Waals surface area contributed by atoms with E-state index in [0.29, 0.717) is 6.42 Å². The Balaban J connectivity index is 1.66. The summed E-state index contributed by atoms with van der Waals surface area (Å²) in [6, 6.07) is 9.37. The third-order valence-electron chi connectivity index (χ3n) is 3.26. The fourth-order valence-electron chi connectivity index (χ4n) is 2.17. The zero-order valence-electron chi connectivity index (χ0n) is 11.1. The Labute approximate surface area is 122 Å². The van der Waals surface area contributed by atoms with Gasteiger partial charge < -0.3 is 9.64 Å². The van der Waals surface area contributed by atoms with Crippen molar-refractivity contribution >= 4 is 22.3 Å². The van der Waals surface area contributed by atoms with Crippen molar-refractivity contribution in [2.24, 2.45) is 0 Å². The fourth-order valence-corrected chi connectivity index (χ4v) is 3.05. The highest BCUT2D eigenvalue weighted by atomic mass is 32.1. The van der Waals surface area contributed by atoms with E-state index >= 15 is 0 Å². The second-order valence-electron chi connectivity index (χ2n) is 4.69. The number of hydrogen-bond donors (Lipinski definition) is 0. The van der Waals surface area contributed by atoms with Crippen LogP contribution < -0.4 is 4.90 Å². The minimum atomic E-state index is 0.115. The summed E-state index contributed by atoms with van der Waals surface area (Å²) in [6.07, 6.45) is 0.366. The van der Waals surface area contributed by atoms with Gasteiger partial charge in [0.1, 0.15) is 0 Å². The maximum Gasteiger partial charge on any atom is 0.185 e. The van der Waals surface area contributed by atoms with Crippen LogP contribution in [-0.2, 0) is 11.2 Å². The van der Waals surface area contributed by atoms with Crippen molar-refractivity contribution < 1.29 is 9.53 Å². The minimum Gasteiger partial charge on any atom is -0.378 e. The molecule has 0 unspecified atom stereocenters. The molecule has 1 aliphatic rings. The van der Waals surface area contributed by atoms with Crippen LogP contribution in [0.5, 0.6) is 0 Å². The summed E-state index contributed by atoms with van der Waals surface area (Å²) >= 11 is 1.60. The SMILES string of the molecule is O=C(Cc1csc(N2CCOCC2)n1)c1ccccc1. The molecule has 104 valence electrons. The zero-order chi connectivity index (χ0) is 13.8. The van der Waals surface area contributed by atoms with Crippen molar-refractivity contribution in [3.8, 4) is 0 Å². The average molecular weight is 288 g/mol. The van der Waals surface area contributed by atoms with Crippen LogP contribution in [-0.4, -0.2) is 37.1 Å². The Hall–Kier alpha value is -1.72. The van der Waals surface area contributed by atoms with Crippen molar-refractivity contribution in [2.75, 3.05) is 31.2 Å². The topological polar surface area (TPSA) is 42.4 Å². The van der Waals surface area contributed by atoms with Gasteiger partial charge in [-0.15, -0.1) is 11.3 Å². The number of carbonyl (C=O) groups excluding carboxylic acids is 1. The van der Waals surface area contributed by atoms with Crippen LogP contribution in [0.1, 0.15) is 16.1 Å². The maximum atomic E-state index is 12.1. The van der Waals surface area contributed by atoms with Crippen molar-refractivity contribution in [2.45, 2.75) is 6.42 Å². The maximum absolute atomic E-state index is 12.1. The van der Waals surface area contributed by atoms with Gasteiger partial charge in [0.2, 0.25) is 0 Å². The van der Waals surface area contributed by atoms with E-state index in [4.69, 9.17) is 4.74 Å². The van der Waals surface area contributed by atoms with Crippen LogP contribution in [0.2, 0.25) is 0 Å². The summed E-state index contributed by atoms with van der Waals surface area (Å²) in [5, 5.41) is 2.97. The number of Topliss-reactive ketones (excluding diaryl/α,β-unsaturated/α-hetero) is 1. The first-order valence-electron chi connectivity index (χ1n) is 6.68. The number of morpholine rings is 1. The van der Waals surface area contributed by atoms with Crippen LogP contribution in [0.25, 0.3) is 0 Å². The van der Waals surface area contributed by atoms with E-state index < -0.39 is 0 Å². The minimum absolute atomic E-state index is 0.115. The van der Waals surface area contributed by atoms with E-state index in [1.807, 2.05) is 35.7 Å². The third-order valence-corrected chi connectivity index (χ3v) is 4.21. The molecule has 1 aromatic carbocycles. The van der Waals surface area contributed by atoms with Crippen LogP contribution in [0.15, 0.2) is 35.7 Å². The van der Waals surface area contributed by atoms with Crippen LogP contribution in [0, 0.1) is 0 Å². The van der Waals surface area contributed by atoms with Crippen molar-refractivity contribution in [1.29, 1.82) is 0 Å². The molecule has 2 heterocycles. The quantitative estimate of drug-likeness (QED) is 0.810. The number of benzene rings is 1. The first kappa shape index (κ1) is 13.3. The summed E-state index contributed by atoms with van der Waals surface area (Å²) in [6.45, 7) is 3.24. The molecule has 1 fully saturated rings. The number of carbonyl (C=O) groups is 1. The van der Waals surface area contributed by atoms with E-state index in [1.165, 1.54) is 0 Å². The van der Waals surface area contributed by atoms with Crippen molar-refractivity contribution in [3.05, 3.63) is 47.0 Å².